The number of carbonyl (C=O) groups is 1. The molecule has 8 heteroatoms. The van der Waals surface area contributed by atoms with E-state index in [1.54, 1.807) is 12.3 Å². The van der Waals surface area contributed by atoms with Crippen LogP contribution < -0.4 is 10.2 Å². The highest BCUT2D eigenvalue weighted by Gasteiger charge is 2.36. The summed E-state index contributed by atoms with van der Waals surface area (Å²) < 4.78 is 5.50. The van der Waals surface area contributed by atoms with Crippen LogP contribution in [0.4, 0.5) is 17.3 Å². The first-order chi connectivity index (χ1) is 17.5. The molecule has 3 fully saturated rings. The molecule has 0 radical (unpaired) electrons. The number of nitrogens with one attached hydrogen (secondary N) is 1. The molecule has 36 heavy (non-hydrogen) atoms. The first kappa shape index (κ1) is 24.3. The molecule has 1 unspecified atom stereocenters. The lowest BCUT2D eigenvalue weighted by molar-refractivity contribution is -0.142. The van der Waals surface area contributed by atoms with E-state index < -0.39 is 0 Å². The van der Waals surface area contributed by atoms with Gasteiger partial charge in [-0.15, -0.1) is 0 Å². The zero-order valence-electron chi connectivity index (χ0n) is 21.1. The second-order valence-corrected chi connectivity index (χ2v) is 10.3. The van der Waals surface area contributed by atoms with E-state index >= 15 is 0 Å². The minimum Gasteiger partial charge on any atom is -0.377 e. The molecular weight excluding hydrogens is 452 g/mol. The summed E-state index contributed by atoms with van der Waals surface area (Å²) in [4.78, 5) is 26.8. The van der Waals surface area contributed by atoms with Gasteiger partial charge in [-0.05, 0) is 48.9 Å². The van der Waals surface area contributed by atoms with E-state index in [9.17, 15) is 10.1 Å². The van der Waals surface area contributed by atoms with Gasteiger partial charge in [-0.3, -0.25) is 4.79 Å². The van der Waals surface area contributed by atoms with Crippen molar-refractivity contribution in [1.29, 1.82) is 5.26 Å². The number of piperazine rings is 1. The van der Waals surface area contributed by atoms with Gasteiger partial charge in [0.05, 0.1) is 35.5 Å². The predicted octanol–water partition coefficient (Wildman–Crippen LogP) is 4.46. The third-order valence-corrected chi connectivity index (χ3v) is 7.40. The van der Waals surface area contributed by atoms with E-state index in [4.69, 9.17) is 9.72 Å². The third-order valence-electron chi connectivity index (χ3n) is 7.40. The highest BCUT2D eigenvalue weighted by molar-refractivity contribution is 5.78. The maximum absolute atomic E-state index is 13.0. The fraction of sp³-hybridized carbons (Fsp3) is 0.500. The van der Waals surface area contributed by atoms with Gasteiger partial charge in [0.15, 0.2) is 0 Å². The molecule has 0 spiro atoms. The van der Waals surface area contributed by atoms with Gasteiger partial charge in [0.1, 0.15) is 17.7 Å². The van der Waals surface area contributed by atoms with Crippen LogP contribution in [0.3, 0.4) is 0 Å². The number of hydrogen-bond donors (Lipinski definition) is 1. The number of rotatable bonds is 8. The minimum atomic E-state index is 0.0627. The average molecular weight is 487 g/mol. The maximum Gasteiger partial charge on any atom is 0.225 e. The van der Waals surface area contributed by atoms with Gasteiger partial charge in [0.2, 0.25) is 5.91 Å². The number of nitriles is 1. The van der Waals surface area contributed by atoms with Crippen molar-refractivity contribution in [2.24, 2.45) is 5.92 Å². The fourth-order valence-electron chi connectivity index (χ4n) is 5.03. The van der Waals surface area contributed by atoms with Gasteiger partial charge in [0.25, 0.3) is 0 Å². The Hall–Kier alpha value is -3.44. The van der Waals surface area contributed by atoms with E-state index in [0.717, 1.165) is 48.6 Å². The third kappa shape index (κ3) is 5.07. The van der Waals surface area contributed by atoms with Gasteiger partial charge < -0.3 is 19.9 Å². The Balaban J connectivity index is 1.40. The molecule has 0 bridgehead atoms. The summed E-state index contributed by atoms with van der Waals surface area (Å²) in [5.74, 6) is 2.26. The van der Waals surface area contributed by atoms with Crippen LogP contribution >= 0.6 is 0 Å². The molecule has 2 atom stereocenters. The van der Waals surface area contributed by atoms with Crippen LogP contribution in [0.1, 0.15) is 62.3 Å². The minimum absolute atomic E-state index is 0.0627. The van der Waals surface area contributed by atoms with Crippen molar-refractivity contribution in [2.45, 2.75) is 57.6 Å². The van der Waals surface area contributed by atoms with Crippen LogP contribution in [0.15, 0.2) is 31.0 Å². The average Bonchev–Trinajstić information content (AvgIpc) is 3.71. The van der Waals surface area contributed by atoms with Gasteiger partial charge in [-0.2, -0.15) is 5.26 Å². The van der Waals surface area contributed by atoms with E-state index in [1.165, 1.54) is 0 Å². The summed E-state index contributed by atoms with van der Waals surface area (Å²) in [6.07, 6.45) is 7.20. The Morgan fingerprint density at radius 1 is 1.33 bits per heavy atom. The zero-order chi connectivity index (χ0) is 25.2. The summed E-state index contributed by atoms with van der Waals surface area (Å²) in [6, 6.07) is 8.18. The molecule has 1 aliphatic carbocycles. The first-order valence-corrected chi connectivity index (χ1v) is 12.9. The van der Waals surface area contributed by atoms with Crippen molar-refractivity contribution in [3.05, 3.63) is 47.8 Å². The molecule has 2 saturated heterocycles. The summed E-state index contributed by atoms with van der Waals surface area (Å²) in [6.45, 7) is 10.8. The van der Waals surface area contributed by atoms with E-state index in [1.807, 2.05) is 23.1 Å². The monoisotopic (exact) mass is 486 g/mol. The molecule has 5 rings (SSSR count). The van der Waals surface area contributed by atoms with Crippen LogP contribution in [0, 0.1) is 17.2 Å². The number of hydrogen-bond acceptors (Lipinski definition) is 7. The van der Waals surface area contributed by atoms with Crippen LogP contribution in [0.25, 0.3) is 6.08 Å². The van der Waals surface area contributed by atoms with Crippen molar-refractivity contribution >= 4 is 29.3 Å². The molecule has 2 aliphatic heterocycles. The lowest BCUT2D eigenvalue weighted by atomic mass is 9.97. The Labute approximate surface area is 213 Å². The predicted molar refractivity (Wildman–Crippen MR) is 140 cm³/mol. The molecule has 1 saturated carbocycles. The van der Waals surface area contributed by atoms with Gasteiger partial charge in [-0.25, -0.2) is 9.97 Å². The summed E-state index contributed by atoms with van der Waals surface area (Å²) in [5, 5.41) is 13.5. The summed E-state index contributed by atoms with van der Waals surface area (Å²) >= 11 is 0. The standard InChI is InChI=1S/C28H34N6O2/c1-4-19-7-9-30-25(13-19)31-23-14-21(16-29)28(32-27(23)20-5-6-20)33-10-11-34(24(17-33)18(2)3)26(35)15-22-8-12-36-22/h4,7,9,13-14,18,20,22,24H,1,5-6,8,10-12,15,17H2,2-3H3,(H,30,31)/t22-,24?/m1/s1. The molecule has 1 amide bonds. The summed E-state index contributed by atoms with van der Waals surface area (Å²) in [5.41, 5.74) is 3.33. The van der Waals surface area contributed by atoms with E-state index in [-0.39, 0.29) is 24.0 Å². The van der Waals surface area contributed by atoms with Gasteiger partial charge in [0, 0.05) is 38.4 Å². The topological polar surface area (TPSA) is 94.4 Å². The zero-order valence-corrected chi connectivity index (χ0v) is 21.1. The largest absolute Gasteiger partial charge is 0.377 e. The first-order valence-electron chi connectivity index (χ1n) is 12.9. The molecule has 2 aromatic heterocycles. The van der Waals surface area contributed by atoms with E-state index in [0.29, 0.717) is 43.4 Å². The lowest BCUT2D eigenvalue weighted by Gasteiger charge is -2.44. The van der Waals surface area contributed by atoms with Crippen molar-refractivity contribution < 1.29 is 9.53 Å². The molecule has 2 aromatic rings. The molecule has 8 nitrogen and oxygen atoms in total. The smallest absolute Gasteiger partial charge is 0.225 e. The highest BCUT2D eigenvalue weighted by atomic mass is 16.5. The number of nitrogens with zero attached hydrogens (tertiary/aromatic N) is 5. The maximum atomic E-state index is 13.0. The molecule has 4 heterocycles. The normalized spacial score (nSPS) is 21.6. The molecular formula is C28H34N6O2. The fourth-order valence-corrected chi connectivity index (χ4v) is 5.03. The van der Waals surface area contributed by atoms with Gasteiger partial charge in [-0.1, -0.05) is 26.5 Å². The van der Waals surface area contributed by atoms with Crippen molar-refractivity contribution in [2.75, 3.05) is 36.5 Å². The van der Waals surface area contributed by atoms with E-state index in [2.05, 4.69) is 41.7 Å². The second-order valence-electron chi connectivity index (χ2n) is 10.3. The number of ether oxygens (including phenoxy) is 1. The number of anilines is 3. The Kier molecular flexibility index (Phi) is 6.92. The quantitative estimate of drug-likeness (QED) is 0.588. The number of pyridine rings is 2. The molecule has 0 aromatic carbocycles. The SMILES string of the molecule is C=Cc1ccnc(Nc2cc(C#N)c(N3CCN(C(=O)C[C@H]4CCO4)C(C(C)C)C3)nc2C2CC2)c1. The second kappa shape index (κ2) is 10.3. The van der Waals surface area contributed by atoms with Crippen LogP contribution in [-0.2, 0) is 9.53 Å². The van der Waals surface area contributed by atoms with Gasteiger partial charge >= 0.3 is 0 Å². The molecule has 3 aliphatic rings. The highest BCUT2D eigenvalue weighted by Crippen LogP contribution is 2.44. The number of carbonyl (C=O) groups excluding carboxylic acids is 1. The van der Waals surface area contributed by atoms with Crippen LogP contribution in [0.2, 0.25) is 0 Å². The number of amides is 1. The van der Waals surface area contributed by atoms with Crippen molar-refractivity contribution in [3.63, 3.8) is 0 Å². The Bertz CT molecular complexity index is 1180. The van der Waals surface area contributed by atoms with Crippen LogP contribution in [-0.4, -0.2) is 59.2 Å². The van der Waals surface area contributed by atoms with Crippen LogP contribution in [0.5, 0.6) is 0 Å². The Morgan fingerprint density at radius 3 is 2.78 bits per heavy atom. The summed E-state index contributed by atoms with van der Waals surface area (Å²) in [7, 11) is 0. The molecule has 188 valence electrons. The van der Waals surface area contributed by atoms with Crippen molar-refractivity contribution in [1.82, 2.24) is 14.9 Å². The molecule has 1 N–H and O–H groups in total. The van der Waals surface area contributed by atoms with Crippen molar-refractivity contribution in [3.8, 4) is 6.07 Å². The Morgan fingerprint density at radius 2 is 2.14 bits per heavy atom. The lowest BCUT2D eigenvalue weighted by Crippen LogP contribution is -2.58. The number of aromatic nitrogens is 2.